The summed E-state index contributed by atoms with van der Waals surface area (Å²) in [5, 5.41) is 10.6. The first-order chi connectivity index (χ1) is 20.6. The lowest BCUT2D eigenvalue weighted by molar-refractivity contribution is -0.142. The summed E-state index contributed by atoms with van der Waals surface area (Å²) < 4.78 is 63.9. The molecule has 3 aromatic heterocycles. The Morgan fingerprint density at radius 1 is 1.33 bits per heavy atom. The second-order valence-corrected chi connectivity index (χ2v) is 13.7. The Bertz CT molecular complexity index is 1540. The van der Waals surface area contributed by atoms with Gasteiger partial charge < -0.3 is 28.4 Å². The van der Waals surface area contributed by atoms with E-state index in [0.29, 0.717) is 18.7 Å². The molecule has 20 heteroatoms. The summed E-state index contributed by atoms with van der Waals surface area (Å²) in [6.45, 7) is -4.19. The number of fused-ring (bicyclic) bond motifs is 1. The molecular formula is C23H28FN5O10P2S2. The number of nitrogens with zero attached hydrogens (tertiary/aromatic N) is 5. The van der Waals surface area contributed by atoms with Gasteiger partial charge in [-0.05, 0) is 6.42 Å². The van der Waals surface area contributed by atoms with Crippen molar-refractivity contribution in [2.45, 2.75) is 49.6 Å². The van der Waals surface area contributed by atoms with Crippen LogP contribution in [0.1, 0.15) is 19.1 Å². The molecule has 0 amide bonds. The molecule has 9 atom stereocenters. The topological polar surface area (TPSA) is 175 Å². The van der Waals surface area contributed by atoms with Crippen molar-refractivity contribution in [2.24, 2.45) is 13.0 Å². The Morgan fingerprint density at radius 2 is 2.14 bits per heavy atom. The molecule has 0 aromatic carbocycles. The summed E-state index contributed by atoms with van der Waals surface area (Å²) in [7, 11) is 1.35. The highest BCUT2D eigenvalue weighted by molar-refractivity contribution is 8.44. The molecule has 15 nitrogen and oxygen atoms in total. The van der Waals surface area contributed by atoms with Crippen molar-refractivity contribution in [3.8, 4) is 5.88 Å². The fourth-order valence-corrected chi connectivity index (χ4v) is 7.21. The zero-order valence-corrected chi connectivity index (χ0v) is 26.1. The second kappa shape index (κ2) is 13.9. The monoisotopic (exact) mass is 679 g/mol. The SMILES string of the molecule is Cn1cnc2c(c(F)cn2[C@@H]2O[C@H](COP(=O)(S)O[C@H]3C[C@H](Oc4ccncn4)C[C@@H]3COPS)[C@@H](O)[C@H]2OC=O)c1=O. The Hall–Kier alpha value is -2.14. The quantitative estimate of drug-likeness (QED) is 0.136. The molecule has 4 heterocycles. The third kappa shape index (κ3) is 7.24. The standard InChI is InChI=1S/C23H28FN5O10P2S2/c1-28-10-27-21-18(22(28)32)14(24)6-29(21)23-20(34-11-30)19(31)16(38-23)8-36-41(33,43)39-15-5-13(4-12(15)7-35-40-42)37-17-2-3-25-9-26-17/h2-3,6,9-13,15-16,19-20,23,31,40,42H,4-5,7-8H2,1H3,(H,33,43)/t12-,13-,15+,16-,19-,20-,23-,41?/m1/s1. The van der Waals surface area contributed by atoms with Crippen LogP contribution in [0.25, 0.3) is 11.0 Å². The van der Waals surface area contributed by atoms with Gasteiger partial charge in [0.2, 0.25) is 5.88 Å². The molecule has 1 saturated heterocycles. The van der Waals surface area contributed by atoms with Crippen molar-refractivity contribution in [2.75, 3.05) is 13.2 Å². The first kappa shape index (κ1) is 32.3. The smallest absolute Gasteiger partial charge is 0.386 e. The van der Waals surface area contributed by atoms with Gasteiger partial charge in [-0.25, -0.2) is 23.9 Å². The van der Waals surface area contributed by atoms with E-state index in [4.69, 9.17) is 27.8 Å². The minimum Gasteiger partial charge on any atom is -0.474 e. The highest BCUT2D eigenvalue weighted by Gasteiger charge is 2.48. The van der Waals surface area contributed by atoms with Gasteiger partial charge in [-0.1, -0.05) is 12.2 Å². The molecule has 5 rings (SSSR count). The van der Waals surface area contributed by atoms with Crippen molar-refractivity contribution >= 4 is 56.8 Å². The van der Waals surface area contributed by atoms with Crippen LogP contribution in [0.3, 0.4) is 0 Å². The maximum atomic E-state index is 14.7. The minimum atomic E-state index is -4.06. The fourth-order valence-electron chi connectivity index (χ4n) is 5.14. The average Bonchev–Trinajstić information content (AvgIpc) is 3.62. The molecule has 0 spiro atoms. The van der Waals surface area contributed by atoms with E-state index in [1.54, 1.807) is 12.3 Å². The zero-order chi connectivity index (χ0) is 30.7. The number of aliphatic hydroxyl groups excluding tert-OH is 1. The van der Waals surface area contributed by atoms with Gasteiger partial charge in [-0.2, -0.15) is 0 Å². The number of rotatable bonds is 13. The molecule has 1 saturated carbocycles. The molecule has 2 aliphatic rings. The summed E-state index contributed by atoms with van der Waals surface area (Å²) in [5.74, 6) is -0.729. The van der Waals surface area contributed by atoms with E-state index in [1.807, 2.05) is 0 Å². The molecule has 234 valence electrons. The molecule has 1 N–H and O–H groups in total. The summed E-state index contributed by atoms with van der Waals surface area (Å²) in [6, 6.07) is 1.61. The molecule has 2 unspecified atom stereocenters. The lowest BCUT2D eigenvalue weighted by Gasteiger charge is -2.24. The van der Waals surface area contributed by atoms with E-state index in [0.717, 1.165) is 15.3 Å². The Kier molecular flexibility index (Phi) is 10.4. The van der Waals surface area contributed by atoms with Crippen LogP contribution >= 0.6 is 39.3 Å². The molecule has 2 fully saturated rings. The summed E-state index contributed by atoms with van der Waals surface area (Å²) in [4.78, 5) is 35.7. The normalized spacial score (nSPS) is 28.9. The lowest BCUT2D eigenvalue weighted by atomic mass is 10.1. The number of carbonyl (C=O) groups excluding carboxylic acids is 1. The maximum Gasteiger partial charge on any atom is 0.386 e. The maximum absolute atomic E-state index is 14.7. The number of hydrogen-bond acceptors (Lipinski definition) is 14. The van der Waals surface area contributed by atoms with Gasteiger partial charge in [-0.3, -0.25) is 23.2 Å². The second-order valence-electron chi connectivity index (χ2n) is 9.83. The van der Waals surface area contributed by atoms with Gasteiger partial charge in [0.1, 0.15) is 30.0 Å². The highest BCUT2D eigenvalue weighted by Crippen LogP contribution is 2.57. The average molecular weight is 680 g/mol. The van der Waals surface area contributed by atoms with Gasteiger partial charge in [0.25, 0.3) is 12.0 Å². The summed E-state index contributed by atoms with van der Waals surface area (Å²) in [5.41, 5.74) is -0.729. The predicted molar refractivity (Wildman–Crippen MR) is 156 cm³/mol. The molecule has 0 bridgehead atoms. The van der Waals surface area contributed by atoms with Crippen LogP contribution in [0.2, 0.25) is 0 Å². The van der Waals surface area contributed by atoms with Crippen LogP contribution < -0.4 is 10.3 Å². The predicted octanol–water partition coefficient (Wildman–Crippen LogP) is 2.22. The summed E-state index contributed by atoms with van der Waals surface area (Å²) in [6.07, 6.45) is -0.397. The Labute approximate surface area is 256 Å². The molecule has 1 aliphatic carbocycles. The van der Waals surface area contributed by atoms with Gasteiger partial charge in [0.15, 0.2) is 23.8 Å². The number of aryl methyl sites for hydroxylation is 1. The third-order valence-electron chi connectivity index (χ3n) is 7.11. The first-order valence-corrected chi connectivity index (χ1v) is 17.7. The van der Waals surface area contributed by atoms with Crippen LogP contribution in [0.5, 0.6) is 5.88 Å². The van der Waals surface area contributed by atoms with Crippen LogP contribution in [0, 0.1) is 11.7 Å². The van der Waals surface area contributed by atoms with Crippen LogP contribution in [0.4, 0.5) is 4.39 Å². The number of ether oxygens (including phenoxy) is 3. The summed E-state index contributed by atoms with van der Waals surface area (Å²) >= 11 is 8.22. The lowest BCUT2D eigenvalue weighted by Crippen LogP contribution is -2.35. The van der Waals surface area contributed by atoms with Crippen LogP contribution in [-0.2, 0) is 39.5 Å². The van der Waals surface area contributed by atoms with Gasteiger partial charge in [-0.15, -0.1) is 12.2 Å². The number of carbonyl (C=O) groups is 1. The zero-order valence-electron chi connectivity index (χ0n) is 22.4. The van der Waals surface area contributed by atoms with E-state index < -0.39 is 55.4 Å². The fraction of sp³-hybridized carbons (Fsp3) is 0.522. The van der Waals surface area contributed by atoms with Crippen molar-refractivity contribution in [3.05, 3.63) is 47.3 Å². The third-order valence-corrected chi connectivity index (χ3v) is 9.43. The number of thiol groups is 2. The van der Waals surface area contributed by atoms with Gasteiger partial charge >= 0.3 is 6.80 Å². The van der Waals surface area contributed by atoms with E-state index in [1.165, 1.54) is 19.7 Å². The van der Waals surface area contributed by atoms with Crippen molar-refractivity contribution in [3.63, 3.8) is 0 Å². The highest BCUT2D eigenvalue weighted by atomic mass is 32.7. The van der Waals surface area contributed by atoms with E-state index in [2.05, 4.69) is 39.4 Å². The van der Waals surface area contributed by atoms with Crippen molar-refractivity contribution in [1.82, 2.24) is 24.1 Å². The minimum absolute atomic E-state index is 0.0664. The van der Waals surface area contributed by atoms with E-state index >= 15 is 0 Å². The molecular weight excluding hydrogens is 651 g/mol. The molecule has 3 aromatic rings. The Morgan fingerprint density at radius 3 is 2.86 bits per heavy atom. The molecule has 1 aliphatic heterocycles. The number of halogens is 1. The number of hydrogen-bond donors (Lipinski definition) is 3. The van der Waals surface area contributed by atoms with E-state index in [9.17, 15) is 23.7 Å². The van der Waals surface area contributed by atoms with Crippen LogP contribution in [-0.4, -0.2) is 79.4 Å². The van der Waals surface area contributed by atoms with Crippen molar-refractivity contribution in [1.29, 1.82) is 0 Å². The van der Waals surface area contributed by atoms with Gasteiger partial charge in [0.05, 0.1) is 33.7 Å². The number of aliphatic hydroxyl groups is 1. The molecule has 43 heavy (non-hydrogen) atoms. The van der Waals surface area contributed by atoms with Gasteiger partial charge in [0, 0.05) is 37.8 Å². The van der Waals surface area contributed by atoms with Crippen molar-refractivity contribution < 1.29 is 46.6 Å². The Balaban J connectivity index is 1.27. The van der Waals surface area contributed by atoms with E-state index in [-0.39, 0.29) is 44.1 Å². The largest absolute Gasteiger partial charge is 0.474 e. The first-order valence-electron chi connectivity index (χ1n) is 12.9. The molecule has 0 radical (unpaired) electrons. The number of aromatic nitrogens is 5. The van der Waals surface area contributed by atoms with Crippen LogP contribution in [0.15, 0.2) is 35.9 Å².